The summed E-state index contributed by atoms with van der Waals surface area (Å²) in [4.78, 5) is 35.9. The molecule has 0 spiro atoms. The van der Waals surface area contributed by atoms with Gasteiger partial charge in [0.05, 0.1) is 18.9 Å². The Morgan fingerprint density at radius 1 is 1.18 bits per heavy atom. The minimum atomic E-state index is -0.453. The number of rotatable bonds is 6. The number of aromatic nitrogens is 4. The van der Waals surface area contributed by atoms with E-state index in [1.807, 2.05) is 6.92 Å². The van der Waals surface area contributed by atoms with Crippen LogP contribution in [0.5, 0.6) is 5.75 Å². The van der Waals surface area contributed by atoms with E-state index in [9.17, 15) is 9.59 Å². The molecule has 3 aromatic heterocycles. The van der Waals surface area contributed by atoms with Crippen LogP contribution < -0.4 is 10.1 Å². The Hall–Kier alpha value is -3.15. The average molecular weight is 503 g/mol. The lowest BCUT2D eigenvalue weighted by molar-refractivity contribution is 0.0361. The maximum absolute atomic E-state index is 13.2. The molecule has 1 saturated heterocycles. The van der Waals surface area contributed by atoms with Crippen LogP contribution in [0.1, 0.15) is 38.7 Å². The van der Waals surface area contributed by atoms with Crippen molar-refractivity contribution in [2.75, 3.05) is 32.7 Å². The fraction of sp³-hybridized carbons (Fsp3) is 0.364. The molecule has 34 heavy (non-hydrogen) atoms. The number of ether oxygens (including phenoxy) is 2. The molecule has 0 bridgehead atoms. The normalized spacial score (nSPS) is 14.0. The summed E-state index contributed by atoms with van der Waals surface area (Å²) in [6.07, 6.45) is 4.51. The number of nitrogens with zero attached hydrogens (tertiary/aromatic N) is 5. The lowest BCUT2D eigenvalue weighted by Crippen LogP contribution is -2.40. The van der Waals surface area contributed by atoms with Crippen LogP contribution in [-0.2, 0) is 4.74 Å². The Kier molecular flexibility index (Phi) is 7.35. The highest BCUT2D eigenvalue weighted by atomic mass is 35.5. The van der Waals surface area contributed by atoms with Crippen molar-refractivity contribution in [1.29, 1.82) is 0 Å². The molecule has 1 fully saturated rings. The Balaban J connectivity index is 1.56. The summed E-state index contributed by atoms with van der Waals surface area (Å²) in [6.45, 7) is 3.07. The number of amides is 2. The van der Waals surface area contributed by atoms with Gasteiger partial charge in [-0.15, -0.1) is 10.2 Å². The fourth-order valence-electron chi connectivity index (χ4n) is 3.67. The second-order valence-corrected chi connectivity index (χ2v) is 9.07. The molecule has 178 valence electrons. The van der Waals surface area contributed by atoms with Crippen molar-refractivity contribution in [1.82, 2.24) is 25.1 Å². The Morgan fingerprint density at radius 2 is 1.94 bits per heavy atom. The summed E-state index contributed by atoms with van der Waals surface area (Å²) in [5.74, 6) is -0.229. The van der Waals surface area contributed by atoms with Crippen LogP contribution in [0, 0.1) is 6.92 Å². The Bertz CT molecular complexity index is 1210. The van der Waals surface area contributed by atoms with Crippen LogP contribution in [0.2, 0.25) is 5.15 Å². The molecule has 12 heteroatoms. The molecule has 10 nitrogen and oxygen atoms in total. The molecular weight excluding hydrogens is 480 g/mol. The third kappa shape index (κ3) is 5.16. The van der Waals surface area contributed by atoms with E-state index in [0.717, 1.165) is 24.2 Å². The molecule has 0 atom stereocenters. The molecule has 2 amide bonds. The first-order chi connectivity index (χ1) is 16.4. The van der Waals surface area contributed by atoms with Crippen LogP contribution in [0.15, 0.2) is 24.5 Å². The minimum Gasteiger partial charge on any atom is -0.494 e. The molecule has 0 unspecified atom stereocenters. The summed E-state index contributed by atoms with van der Waals surface area (Å²) < 4.78 is 10.8. The topological polar surface area (TPSA) is 119 Å². The van der Waals surface area contributed by atoms with Crippen molar-refractivity contribution in [3.05, 3.63) is 45.9 Å². The van der Waals surface area contributed by atoms with Gasteiger partial charge in [-0.1, -0.05) is 22.9 Å². The second-order valence-electron chi connectivity index (χ2n) is 7.70. The van der Waals surface area contributed by atoms with Crippen molar-refractivity contribution in [3.8, 4) is 16.9 Å². The lowest BCUT2D eigenvalue weighted by atomic mass is 10.0. The number of pyridine rings is 2. The van der Waals surface area contributed by atoms with Crippen molar-refractivity contribution in [3.63, 3.8) is 0 Å². The number of anilines is 1. The highest BCUT2D eigenvalue weighted by Gasteiger charge is 2.26. The standard InChI is InChI=1S/C22H23ClN6O4S/c1-12-8-14(15-9-18(23)25-11-17(15)32-3)16(10-24-12)19(30)26-22-28-27-20(34-22)21(31)29(2)13-4-6-33-7-5-13/h8-11,13H,4-7H2,1-3H3,(H,26,28,30). The van der Waals surface area contributed by atoms with E-state index < -0.39 is 5.91 Å². The molecule has 0 saturated carbocycles. The van der Waals surface area contributed by atoms with Gasteiger partial charge in [-0.3, -0.25) is 19.9 Å². The summed E-state index contributed by atoms with van der Waals surface area (Å²) in [6, 6.07) is 3.48. The number of carbonyl (C=O) groups excluding carboxylic acids is 2. The molecule has 3 aromatic rings. The second kappa shape index (κ2) is 10.4. The monoisotopic (exact) mass is 502 g/mol. The highest BCUT2D eigenvalue weighted by Crippen LogP contribution is 2.34. The van der Waals surface area contributed by atoms with E-state index >= 15 is 0 Å². The number of hydrogen-bond acceptors (Lipinski definition) is 9. The minimum absolute atomic E-state index is 0.0894. The predicted molar refractivity (Wildman–Crippen MR) is 128 cm³/mol. The van der Waals surface area contributed by atoms with E-state index in [0.29, 0.717) is 35.8 Å². The van der Waals surface area contributed by atoms with Gasteiger partial charge in [0.1, 0.15) is 10.9 Å². The van der Waals surface area contributed by atoms with E-state index in [1.165, 1.54) is 19.5 Å². The number of hydrogen-bond donors (Lipinski definition) is 1. The van der Waals surface area contributed by atoms with Crippen LogP contribution >= 0.6 is 22.9 Å². The smallest absolute Gasteiger partial charge is 0.284 e. The third-order valence-corrected chi connectivity index (χ3v) is 6.55. The van der Waals surface area contributed by atoms with Crippen LogP contribution in [0.25, 0.3) is 11.1 Å². The number of halogens is 1. The first kappa shape index (κ1) is 24.0. The van der Waals surface area contributed by atoms with Gasteiger partial charge in [0, 0.05) is 49.3 Å². The molecule has 1 aliphatic heterocycles. The quantitative estimate of drug-likeness (QED) is 0.509. The summed E-state index contributed by atoms with van der Waals surface area (Å²) in [7, 11) is 3.26. The summed E-state index contributed by atoms with van der Waals surface area (Å²) >= 11 is 7.12. The lowest BCUT2D eigenvalue weighted by Gasteiger charge is -2.30. The zero-order chi connectivity index (χ0) is 24.2. The summed E-state index contributed by atoms with van der Waals surface area (Å²) in [5, 5.41) is 11.4. The van der Waals surface area contributed by atoms with E-state index in [-0.39, 0.29) is 32.8 Å². The maximum Gasteiger partial charge on any atom is 0.284 e. The third-order valence-electron chi connectivity index (χ3n) is 5.52. The molecule has 0 aromatic carbocycles. The zero-order valence-corrected chi connectivity index (χ0v) is 20.4. The van der Waals surface area contributed by atoms with E-state index in [1.54, 1.807) is 24.1 Å². The highest BCUT2D eigenvalue weighted by molar-refractivity contribution is 7.17. The predicted octanol–water partition coefficient (Wildman–Crippen LogP) is 3.47. The maximum atomic E-state index is 13.2. The van der Waals surface area contributed by atoms with E-state index in [2.05, 4.69) is 25.5 Å². The SMILES string of the molecule is COc1cnc(Cl)cc1-c1cc(C)ncc1C(=O)Nc1nnc(C(=O)N(C)C2CCOCC2)s1. The number of nitrogens with one attached hydrogen (secondary N) is 1. The molecule has 0 aliphatic carbocycles. The first-order valence-electron chi connectivity index (χ1n) is 10.5. The molecule has 1 aliphatic rings. The first-order valence-corrected chi connectivity index (χ1v) is 11.7. The molecule has 0 radical (unpaired) electrons. The van der Waals surface area contributed by atoms with Crippen LogP contribution in [0.4, 0.5) is 5.13 Å². The van der Waals surface area contributed by atoms with Gasteiger partial charge in [-0.05, 0) is 31.9 Å². The van der Waals surface area contributed by atoms with Crippen molar-refractivity contribution < 1.29 is 19.1 Å². The van der Waals surface area contributed by atoms with Gasteiger partial charge in [-0.2, -0.15) is 0 Å². The van der Waals surface area contributed by atoms with Gasteiger partial charge in [0.25, 0.3) is 11.8 Å². The van der Waals surface area contributed by atoms with Crippen LogP contribution in [-0.4, -0.2) is 70.3 Å². The fourth-order valence-corrected chi connectivity index (χ4v) is 4.55. The van der Waals surface area contributed by atoms with Gasteiger partial charge < -0.3 is 14.4 Å². The zero-order valence-electron chi connectivity index (χ0n) is 18.9. The van der Waals surface area contributed by atoms with Gasteiger partial charge in [0.2, 0.25) is 10.1 Å². The van der Waals surface area contributed by atoms with Crippen LogP contribution in [0.3, 0.4) is 0 Å². The Morgan fingerprint density at radius 3 is 2.68 bits per heavy atom. The average Bonchev–Trinajstić information content (AvgIpc) is 3.31. The molecule has 4 rings (SSSR count). The number of carbonyl (C=O) groups is 2. The van der Waals surface area contributed by atoms with Gasteiger partial charge in [-0.25, -0.2) is 4.98 Å². The molecule has 4 heterocycles. The van der Waals surface area contributed by atoms with Crippen molar-refractivity contribution in [2.24, 2.45) is 0 Å². The Labute approximate surface area is 205 Å². The molecule has 1 N–H and O–H groups in total. The molecular formula is C22H23ClN6O4S. The van der Waals surface area contributed by atoms with Crippen molar-refractivity contribution in [2.45, 2.75) is 25.8 Å². The van der Waals surface area contributed by atoms with Crippen molar-refractivity contribution >= 4 is 39.9 Å². The number of methoxy groups -OCH3 is 1. The number of aryl methyl sites for hydroxylation is 1. The summed E-state index contributed by atoms with van der Waals surface area (Å²) in [5.41, 5.74) is 2.17. The van der Waals surface area contributed by atoms with E-state index in [4.69, 9.17) is 21.1 Å². The van der Waals surface area contributed by atoms with Gasteiger partial charge in [0.15, 0.2) is 0 Å². The van der Waals surface area contributed by atoms with Gasteiger partial charge >= 0.3 is 0 Å². The largest absolute Gasteiger partial charge is 0.494 e.